The smallest absolute Gasteiger partial charge is 0 e. The molecule has 0 heterocycles. The zero-order chi connectivity index (χ0) is 0. The third-order valence-corrected chi connectivity index (χ3v) is 0. The predicted octanol–water partition coefficient (Wildman–Crippen LogP) is -1.14. The zero-order valence-electron chi connectivity index (χ0n) is 2.01. The Morgan fingerprint density at radius 2 is 0.750 bits per heavy atom. The second kappa shape index (κ2) is 21.4. The van der Waals surface area contributed by atoms with E-state index >= 15 is 0 Å². The maximum Gasteiger partial charge on any atom is 0 e. The van der Waals surface area contributed by atoms with Crippen molar-refractivity contribution in [1.82, 2.24) is 0 Å². The summed E-state index contributed by atoms with van der Waals surface area (Å²) in [6.07, 6.45) is 0. The van der Waals surface area contributed by atoms with Crippen LogP contribution in [0.5, 0.6) is 0 Å². The second-order valence-corrected chi connectivity index (χ2v) is 0. The van der Waals surface area contributed by atoms with Crippen molar-refractivity contribution >= 4 is 45.7 Å². The fraction of sp³-hybridized carbons (Fsp3) is 0. The molecule has 18 valence electrons. The summed E-state index contributed by atoms with van der Waals surface area (Å²) in [6.45, 7) is 0. The summed E-state index contributed by atoms with van der Waals surface area (Å²) in [7, 11) is 0. The maximum atomic E-state index is 0. The minimum atomic E-state index is 0. The van der Waals surface area contributed by atoms with Gasteiger partial charge in [0, 0.05) is 62.8 Å². The van der Waals surface area contributed by atoms with Crippen LogP contribution in [0.25, 0.3) is 0 Å². The van der Waals surface area contributed by atoms with Gasteiger partial charge in [0.2, 0.25) is 0 Å². The number of hydrogen-bond donors (Lipinski definition) is 0. The van der Waals surface area contributed by atoms with Crippen LogP contribution in [-0.4, -0.2) is 45.7 Å². The van der Waals surface area contributed by atoms with Gasteiger partial charge in [0.1, 0.15) is 0 Å². The molecule has 0 rings (SSSR count). The third kappa shape index (κ3) is 9.19. The normalized spacial score (nSPS) is 0. The Kier molecular flexibility index (Phi) is 220. The van der Waals surface area contributed by atoms with E-state index in [0.29, 0.717) is 0 Å². The average Bonchev–Trinajstić information content (AvgIpc) is 0. The van der Waals surface area contributed by atoms with E-state index in [1.165, 1.54) is 0 Å². The number of rotatable bonds is 0. The molecule has 0 spiro atoms. The molecule has 0 atom stereocenters. The summed E-state index contributed by atoms with van der Waals surface area (Å²) in [5.41, 5.74) is 0. The maximum absolute atomic E-state index is 0. The molecule has 0 aliphatic heterocycles. The Hall–Kier alpha value is 1.80. The first kappa shape index (κ1) is 41.2. The van der Waals surface area contributed by atoms with E-state index in [-0.39, 0.29) is 62.8 Å². The van der Waals surface area contributed by atoms with Crippen LogP contribution in [0.15, 0.2) is 0 Å². The van der Waals surface area contributed by atoms with Crippen molar-refractivity contribution in [2.24, 2.45) is 0 Å². The van der Waals surface area contributed by atoms with Crippen molar-refractivity contribution in [3.8, 4) is 0 Å². The quantitative estimate of drug-likeness (QED) is 0.371. The average molecular weight is 138 g/mol. The van der Waals surface area contributed by atoms with Gasteiger partial charge in [-0.05, 0) is 0 Å². The van der Waals surface area contributed by atoms with Gasteiger partial charge in [0.15, 0.2) is 0 Å². The van der Waals surface area contributed by atoms with E-state index in [2.05, 4.69) is 0 Å². The van der Waals surface area contributed by atoms with Gasteiger partial charge in [0.25, 0.3) is 0 Å². The molecule has 0 amide bonds. The van der Waals surface area contributed by atoms with Crippen LogP contribution in [0.1, 0.15) is 0 Å². The molecule has 0 aliphatic carbocycles. The van der Waals surface area contributed by atoms with E-state index in [1.807, 2.05) is 0 Å². The van der Waals surface area contributed by atoms with E-state index in [0.717, 1.165) is 0 Å². The monoisotopic (exact) mass is 138 g/mol. The van der Waals surface area contributed by atoms with Gasteiger partial charge in [0.05, 0.1) is 0 Å². The van der Waals surface area contributed by atoms with Crippen molar-refractivity contribution in [3.63, 3.8) is 0 Å². The largest absolute Gasteiger partial charge is 0 e. The fourth-order valence-electron chi connectivity index (χ4n) is 0. The molecule has 0 fully saturated rings. The summed E-state index contributed by atoms with van der Waals surface area (Å²) in [4.78, 5) is 0. The van der Waals surface area contributed by atoms with Crippen LogP contribution in [0, 0.1) is 0 Å². The van der Waals surface area contributed by atoms with E-state index in [9.17, 15) is 0 Å². The molecule has 0 aromatic heterocycles. The fourth-order valence-corrected chi connectivity index (χ4v) is 0. The minimum absolute atomic E-state index is 0. The summed E-state index contributed by atoms with van der Waals surface area (Å²) in [5.74, 6) is 0. The van der Waals surface area contributed by atoms with Crippen molar-refractivity contribution in [2.75, 3.05) is 0 Å². The van der Waals surface area contributed by atoms with E-state index < -0.39 is 0 Å². The van der Waals surface area contributed by atoms with Crippen molar-refractivity contribution in [2.45, 2.75) is 0 Å². The molecule has 0 saturated heterocycles. The molecule has 0 N–H and O–H groups in total. The molecule has 0 unspecified atom stereocenters. The Balaban J connectivity index is 0. The van der Waals surface area contributed by atoms with Gasteiger partial charge in [-0.15, -0.1) is 0 Å². The molecule has 0 aliphatic rings. The van der Waals surface area contributed by atoms with E-state index in [1.54, 1.807) is 0 Å². The predicted molar refractivity (Wildman–Crippen MR) is 17.3 cm³/mol. The van der Waals surface area contributed by atoms with Crippen molar-refractivity contribution in [1.29, 1.82) is 0 Å². The Labute approximate surface area is 62.5 Å². The minimum Gasteiger partial charge on any atom is 0 e. The van der Waals surface area contributed by atoms with Gasteiger partial charge in [-0.25, -0.2) is 0 Å². The van der Waals surface area contributed by atoms with E-state index in [4.69, 9.17) is 0 Å². The van der Waals surface area contributed by atoms with Crippen LogP contribution in [-0.2, 0) is 17.1 Å². The first-order valence-electron chi connectivity index (χ1n) is 0. The molecule has 0 nitrogen and oxygen atoms in total. The Morgan fingerprint density at radius 3 is 0.750 bits per heavy atom. The van der Waals surface area contributed by atoms with Crippen LogP contribution in [0.4, 0.5) is 0 Å². The Morgan fingerprint density at radius 1 is 0.750 bits per heavy atom. The van der Waals surface area contributed by atoms with Crippen molar-refractivity contribution < 1.29 is 17.1 Å². The third-order valence-electron chi connectivity index (χ3n) is 0. The Bertz CT molecular complexity index is 6.00. The van der Waals surface area contributed by atoms with Gasteiger partial charge < -0.3 is 0 Å². The topological polar surface area (TPSA) is 0 Å². The molecular weight excluding hydrogens is 138 g/mol. The SMILES string of the molecule is [Al].[Al].[Fe].[Si]. The van der Waals surface area contributed by atoms with Crippen LogP contribution < -0.4 is 0 Å². The van der Waals surface area contributed by atoms with Crippen LogP contribution in [0.2, 0.25) is 0 Å². The van der Waals surface area contributed by atoms with Crippen molar-refractivity contribution in [3.05, 3.63) is 0 Å². The zero-order valence-corrected chi connectivity index (χ0v) is 6.42. The summed E-state index contributed by atoms with van der Waals surface area (Å²) >= 11 is 0. The molecule has 4 heteroatoms. The molecule has 0 saturated carbocycles. The molecule has 4 heavy (non-hydrogen) atoms. The van der Waals surface area contributed by atoms with Crippen LogP contribution >= 0.6 is 0 Å². The molecule has 0 bridgehead atoms. The first-order chi connectivity index (χ1) is 0. The molecular formula is Al2FeSi. The summed E-state index contributed by atoms with van der Waals surface area (Å²) in [5, 5.41) is 0. The molecule has 0 aromatic rings. The van der Waals surface area contributed by atoms with Gasteiger partial charge in [-0.2, -0.15) is 0 Å². The summed E-state index contributed by atoms with van der Waals surface area (Å²) < 4.78 is 0. The summed E-state index contributed by atoms with van der Waals surface area (Å²) in [6, 6.07) is 0. The second-order valence-electron chi connectivity index (χ2n) is 0. The molecule has 10 radical (unpaired) electrons. The molecule has 0 aromatic carbocycles. The first-order valence-corrected chi connectivity index (χ1v) is 0. The van der Waals surface area contributed by atoms with Gasteiger partial charge >= 0.3 is 0 Å². The van der Waals surface area contributed by atoms with Crippen LogP contribution in [0.3, 0.4) is 0 Å². The van der Waals surface area contributed by atoms with Gasteiger partial charge in [-0.3, -0.25) is 0 Å². The number of hydrogen-bond acceptors (Lipinski definition) is 0. The standard InChI is InChI=1S/2Al.Fe.Si. The van der Waals surface area contributed by atoms with Gasteiger partial charge in [-0.1, -0.05) is 0 Å².